The molecular formula is C19H17F2NO5. The number of Topliss-reactive ketones (excluding diaryl/α,β-unsaturated/α-hetero) is 1. The number of nitrogens with one attached hydrogen (secondary N) is 1. The van der Waals surface area contributed by atoms with Crippen molar-refractivity contribution in [3.05, 3.63) is 59.7 Å². The van der Waals surface area contributed by atoms with E-state index in [1.165, 1.54) is 38.1 Å². The van der Waals surface area contributed by atoms with Crippen molar-refractivity contribution in [1.29, 1.82) is 0 Å². The van der Waals surface area contributed by atoms with Gasteiger partial charge >= 0.3 is 12.6 Å². The quantitative estimate of drug-likeness (QED) is 0.588. The highest BCUT2D eigenvalue weighted by atomic mass is 19.3. The molecule has 2 aromatic rings. The first-order chi connectivity index (χ1) is 12.8. The third kappa shape index (κ3) is 5.60. The molecule has 27 heavy (non-hydrogen) atoms. The third-order valence-corrected chi connectivity index (χ3v) is 3.53. The Bertz CT molecular complexity index is 836. The second-order valence-corrected chi connectivity index (χ2v) is 5.54. The van der Waals surface area contributed by atoms with Crippen LogP contribution in [0.5, 0.6) is 5.75 Å². The summed E-state index contributed by atoms with van der Waals surface area (Å²) < 4.78 is 33.5. The monoisotopic (exact) mass is 377 g/mol. The van der Waals surface area contributed by atoms with Crippen molar-refractivity contribution in [2.75, 3.05) is 5.32 Å². The number of hydrogen-bond donors (Lipinski definition) is 1. The minimum absolute atomic E-state index is 0.0698. The largest absolute Gasteiger partial charge is 0.449 e. The van der Waals surface area contributed by atoms with Crippen LogP contribution in [-0.4, -0.2) is 30.4 Å². The van der Waals surface area contributed by atoms with Crippen LogP contribution in [0.2, 0.25) is 0 Å². The lowest BCUT2D eigenvalue weighted by Crippen LogP contribution is -2.30. The summed E-state index contributed by atoms with van der Waals surface area (Å²) in [5.41, 5.74) is 0.714. The van der Waals surface area contributed by atoms with Crippen LogP contribution in [0.1, 0.15) is 34.6 Å². The molecule has 1 atom stereocenters. The first kappa shape index (κ1) is 20.0. The van der Waals surface area contributed by atoms with Crippen molar-refractivity contribution in [3.8, 4) is 5.75 Å². The van der Waals surface area contributed by atoms with Crippen LogP contribution < -0.4 is 10.1 Å². The number of ketones is 1. The Morgan fingerprint density at radius 3 is 2.22 bits per heavy atom. The summed E-state index contributed by atoms with van der Waals surface area (Å²) in [6, 6.07) is 11.3. The molecule has 1 N–H and O–H groups in total. The highest BCUT2D eigenvalue weighted by Crippen LogP contribution is 2.18. The van der Waals surface area contributed by atoms with E-state index in [4.69, 9.17) is 4.74 Å². The summed E-state index contributed by atoms with van der Waals surface area (Å²) in [5, 5.41) is 2.54. The van der Waals surface area contributed by atoms with Crippen LogP contribution in [0.25, 0.3) is 0 Å². The molecule has 0 unspecified atom stereocenters. The molecular weight excluding hydrogens is 360 g/mol. The normalized spacial score (nSPS) is 11.6. The van der Waals surface area contributed by atoms with Crippen molar-refractivity contribution in [2.45, 2.75) is 26.6 Å². The minimum Gasteiger partial charge on any atom is -0.449 e. The predicted molar refractivity (Wildman–Crippen MR) is 93.0 cm³/mol. The van der Waals surface area contributed by atoms with Gasteiger partial charge in [0.25, 0.3) is 5.91 Å². The molecule has 0 bridgehead atoms. The maximum atomic E-state index is 12.2. The summed E-state index contributed by atoms with van der Waals surface area (Å²) >= 11 is 0. The van der Waals surface area contributed by atoms with Crippen molar-refractivity contribution in [1.82, 2.24) is 0 Å². The van der Waals surface area contributed by atoms with Gasteiger partial charge in [-0.2, -0.15) is 8.78 Å². The van der Waals surface area contributed by atoms with Gasteiger partial charge in [-0.3, -0.25) is 9.59 Å². The first-order valence-electron chi connectivity index (χ1n) is 7.94. The number of ether oxygens (including phenoxy) is 2. The van der Waals surface area contributed by atoms with Crippen LogP contribution in [0.3, 0.4) is 0 Å². The molecule has 0 aliphatic heterocycles. The second-order valence-electron chi connectivity index (χ2n) is 5.54. The molecule has 142 valence electrons. The zero-order valence-corrected chi connectivity index (χ0v) is 14.6. The van der Waals surface area contributed by atoms with Crippen LogP contribution in [0, 0.1) is 0 Å². The SMILES string of the molecule is CC(=O)c1ccccc1NC(=O)[C@@H](C)OC(=O)c1ccc(OC(F)F)cc1. The molecule has 0 aliphatic carbocycles. The van der Waals surface area contributed by atoms with E-state index in [0.717, 1.165) is 0 Å². The Hall–Kier alpha value is -3.29. The topological polar surface area (TPSA) is 81.7 Å². The molecule has 0 aliphatic rings. The summed E-state index contributed by atoms with van der Waals surface area (Å²) in [7, 11) is 0. The zero-order valence-electron chi connectivity index (χ0n) is 14.6. The maximum Gasteiger partial charge on any atom is 0.387 e. The van der Waals surface area contributed by atoms with E-state index < -0.39 is 24.6 Å². The minimum atomic E-state index is -2.97. The fourth-order valence-corrected chi connectivity index (χ4v) is 2.19. The van der Waals surface area contributed by atoms with E-state index in [1.807, 2.05) is 0 Å². The first-order valence-corrected chi connectivity index (χ1v) is 7.94. The van der Waals surface area contributed by atoms with Gasteiger partial charge in [0.1, 0.15) is 5.75 Å². The fourth-order valence-electron chi connectivity index (χ4n) is 2.19. The van der Waals surface area contributed by atoms with Crippen LogP contribution in [0.15, 0.2) is 48.5 Å². The molecule has 0 saturated carbocycles. The van der Waals surface area contributed by atoms with Gasteiger partial charge in [0, 0.05) is 5.56 Å². The van der Waals surface area contributed by atoms with Gasteiger partial charge in [-0.1, -0.05) is 12.1 Å². The van der Waals surface area contributed by atoms with Gasteiger partial charge in [0.05, 0.1) is 11.3 Å². The van der Waals surface area contributed by atoms with E-state index in [0.29, 0.717) is 11.3 Å². The summed E-state index contributed by atoms with van der Waals surface area (Å²) in [6.07, 6.45) is -1.14. The highest BCUT2D eigenvalue weighted by molar-refractivity contribution is 6.05. The summed E-state index contributed by atoms with van der Waals surface area (Å²) in [6.45, 7) is -0.224. The average molecular weight is 377 g/mol. The molecule has 2 rings (SSSR count). The van der Waals surface area contributed by atoms with E-state index >= 15 is 0 Å². The summed E-state index contributed by atoms with van der Waals surface area (Å²) in [5.74, 6) is -1.74. The van der Waals surface area contributed by atoms with Crippen LogP contribution >= 0.6 is 0 Å². The molecule has 0 radical (unpaired) electrons. The van der Waals surface area contributed by atoms with Gasteiger partial charge in [-0.25, -0.2) is 4.79 Å². The van der Waals surface area contributed by atoms with Gasteiger partial charge in [0.15, 0.2) is 11.9 Å². The van der Waals surface area contributed by atoms with E-state index in [1.54, 1.807) is 24.3 Å². The number of halogens is 2. The molecule has 0 spiro atoms. The van der Waals surface area contributed by atoms with Gasteiger partial charge < -0.3 is 14.8 Å². The lowest BCUT2D eigenvalue weighted by molar-refractivity contribution is -0.123. The van der Waals surface area contributed by atoms with Crippen LogP contribution in [-0.2, 0) is 9.53 Å². The molecule has 0 aromatic heterocycles. The van der Waals surface area contributed by atoms with Crippen molar-refractivity contribution >= 4 is 23.3 Å². The number of benzene rings is 2. The summed E-state index contributed by atoms with van der Waals surface area (Å²) in [4.78, 5) is 35.9. The third-order valence-electron chi connectivity index (χ3n) is 3.53. The standard InChI is InChI=1S/C19H17F2NO5/c1-11(23)15-5-3-4-6-16(15)22-17(24)12(2)26-18(25)13-7-9-14(10-8-13)27-19(20)21/h3-10,12,19H,1-2H3,(H,22,24)/t12-/m1/s1. The number of alkyl halides is 2. The molecule has 0 heterocycles. The fraction of sp³-hybridized carbons (Fsp3) is 0.211. The van der Waals surface area contributed by atoms with Gasteiger partial charge in [-0.15, -0.1) is 0 Å². The highest BCUT2D eigenvalue weighted by Gasteiger charge is 2.20. The van der Waals surface area contributed by atoms with E-state index in [2.05, 4.69) is 10.1 Å². The maximum absolute atomic E-state index is 12.2. The Kier molecular flexibility index (Phi) is 6.59. The van der Waals surface area contributed by atoms with Gasteiger partial charge in [0.2, 0.25) is 0 Å². The molecule has 1 amide bonds. The number of esters is 1. The van der Waals surface area contributed by atoms with Crippen molar-refractivity contribution in [2.24, 2.45) is 0 Å². The Balaban J connectivity index is 1.99. The Labute approximate surface area is 154 Å². The Morgan fingerprint density at radius 2 is 1.63 bits per heavy atom. The lowest BCUT2D eigenvalue weighted by Gasteiger charge is -2.15. The number of carbonyl (C=O) groups excluding carboxylic acids is 3. The lowest BCUT2D eigenvalue weighted by atomic mass is 10.1. The second kappa shape index (κ2) is 8.88. The average Bonchev–Trinajstić information content (AvgIpc) is 2.61. The van der Waals surface area contributed by atoms with E-state index in [9.17, 15) is 23.2 Å². The number of rotatable bonds is 7. The predicted octanol–water partition coefficient (Wildman–Crippen LogP) is 3.67. The smallest absolute Gasteiger partial charge is 0.387 e. The van der Waals surface area contributed by atoms with Crippen molar-refractivity contribution in [3.63, 3.8) is 0 Å². The Morgan fingerprint density at radius 1 is 1.00 bits per heavy atom. The van der Waals surface area contributed by atoms with Crippen LogP contribution in [0.4, 0.5) is 14.5 Å². The van der Waals surface area contributed by atoms with E-state index in [-0.39, 0.29) is 17.1 Å². The molecule has 0 fully saturated rings. The number of carbonyl (C=O) groups is 3. The number of para-hydroxylation sites is 1. The molecule has 6 nitrogen and oxygen atoms in total. The molecule has 0 saturated heterocycles. The van der Waals surface area contributed by atoms with Gasteiger partial charge in [-0.05, 0) is 50.2 Å². The van der Waals surface area contributed by atoms with Crippen molar-refractivity contribution < 1.29 is 32.6 Å². The zero-order chi connectivity index (χ0) is 20.0. The number of anilines is 1. The number of amides is 1. The molecule has 2 aromatic carbocycles. The number of hydrogen-bond acceptors (Lipinski definition) is 5. The molecule has 8 heteroatoms.